The minimum absolute atomic E-state index is 0.0326. The van der Waals surface area contributed by atoms with Crippen LogP contribution in [0.2, 0.25) is 0 Å². The molecule has 0 saturated heterocycles. The number of sulfone groups is 1. The highest BCUT2D eigenvalue weighted by Gasteiger charge is 2.20. The summed E-state index contributed by atoms with van der Waals surface area (Å²) in [5.41, 5.74) is 2.24. The molecule has 0 radical (unpaired) electrons. The lowest BCUT2D eigenvalue weighted by molar-refractivity contribution is -0.129. The highest BCUT2D eigenvalue weighted by molar-refractivity contribution is 7.91. The summed E-state index contributed by atoms with van der Waals surface area (Å²) >= 11 is 0. The van der Waals surface area contributed by atoms with Gasteiger partial charge >= 0.3 is 0 Å². The van der Waals surface area contributed by atoms with Crippen LogP contribution in [0.15, 0.2) is 52.4 Å². The van der Waals surface area contributed by atoms with Crippen molar-refractivity contribution in [2.45, 2.75) is 24.2 Å². The molecule has 0 aliphatic carbocycles. The number of benzene rings is 2. The number of amides is 1. The van der Waals surface area contributed by atoms with E-state index in [4.69, 9.17) is 9.47 Å². The van der Waals surface area contributed by atoms with Crippen LogP contribution in [0.5, 0.6) is 11.5 Å². The van der Waals surface area contributed by atoms with Crippen molar-refractivity contribution in [3.63, 3.8) is 0 Å². The number of likely N-dealkylation sites (N-methyl/N-ethyl adjacent to an activating group) is 1. The van der Waals surface area contributed by atoms with E-state index in [0.717, 1.165) is 36.5 Å². The minimum atomic E-state index is -3.62. The third-order valence-electron chi connectivity index (χ3n) is 5.81. The summed E-state index contributed by atoms with van der Waals surface area (Å²) < 4.78 is 35.7. The molecule has 10 heteroatoms. The van der Waals surface area contributed by atoms with Crippen molar-refractivity contribution in [1.29, 1.82) is 0 Å². The second-order valence-electron chi connectivity index (χ2n) is 8.30. The topological polar surface area (TPSA) is 109 Å². The normalized spacial score (nSPS) is 13.2. The second kappa shape index (κ2) is 12.6. The molecule has 2 N–H and O–H groups in total. The number of methoxy groups -OCH3 is 2. The van der Waals surface area contributed by atoms with Gasteiger partial charge in [0, 0.05) is 38.2 Å². The lowest BCUT2D eigenvalue weighted by Gasteiger charge is -2.17. The van der Waals surface area contributed by atoms with E-state index >= 15 is 0 Å². The van der Waals surface area contributed by atoms with E-state index in [2.05, 4.69) is 39.9 Å². The Morgan fingerprint density at radius 3 is 2.57 bits per heavy atom. The summed E-state index contributed by atoms with van der Waals surface area (Å²) in [7, 11) is 1.07. The molecule has 0 spiro atoms. The molecule has 0 unspecified atom stereocenters. The highest BCUT2D eigenvalue weighted by Crippen LogP contribution is 2.28. The fraction of sp³-hybridized carbons (Fsp3) is 0.440. The summed E-state index contributed by atoms with van der Waals surface area (Å²) in [6.45, 7) is 2.72. The smallest absolute Gasteiger partial charge is 0.222 e. The summed E-state index contributed by atoms with van der Waals surface area (Å²) in [5, 5.41) is 6.18. The first kappa shape index (κ1) is 26.5. The quantitative estimate of drug-likeness (QED) is 0.403. The average Bonchev–Trinajstić information content (AvgIpc) is 3.42. The Balaban J connectivity index is 1.38. The molecule has 1 amide bonds. The van der Waals surface area contributed by atoms with Crippen LogP contribution in [-0.4, -0.2) is 78.4 Å². The Kier molecular flexibility index (Phi) is 9.50. The lowest BCUT2D eigenvalue weighted by atomic mass is 10.1. The molecule has 1 aliphatic rings. The first-order chi connectivity index (χ1) is 16.8. The van der Waals surface area contributed by atoms with Crippen LogP contribution in [0, 0.1) is 0 Å². The van der Waals surface area contributed by atoms with Gasteiger partial charge in [0.15, 0.2) is 9.84 Å². The number of hydrogen-bond acceptors (Lipinski definition) is 8. The van der Waals surface area contributed by atoms with Gasteiger partial charge in [0.1, 0.15) is 28.1 Å². The lowest BCUT2D eigenvalue weighted by Crippen LogP contribution is -2.30. The van der Waals surface area contributed by atoms with E-state index in [1.54, 1.807) is 24.1 Å². The molecule has 0 saturated carbocycles. The summed E-state index contributed by atoms with van der Waals surface area (Å²) in [4.78, 5) is 18.7. The van der Waals surface area contributed by atoms with Crippen molar-refractivity contribution >= 4 is 21.6 Å². The fourth-order valence-corrected chi connectivity index (χ4v) is 5.03. The van der Waals surface area contributed by atoms with Crippen LogP contribution in [-0.2, 0) is 21.1 Å². The summed E-state index contributed by atoms with van der Waals surface area (Å²) in [5.74, 6) is 1.42. The van der Waals surface area contributed by atoms with Crippen molar-refractivity contribution in [2.75, 3.05) is 53.3 Å². The zero-order chi connectivity index (χ0) is 25.3. The zero-order valence-corrected chi connectivity index (χ0v) is 21.4. The minimum Gasteiger partial charge on any atom is -0.497 e. The van der Waals surface area contributed by atoms with E-state index in [1.807, 2.05) is 0 Å². The third-order valence-corrected chi connectivity index (χ3v) is 7.38. The molecule has 1 aliphatic heterocycles. The SMILES string of the molecule is COc1ccc(OC)c(S(=O)(=O)CNCCCC(=O)N(C)CCc2ccc(C3=NCCN3)cc2)c1. The van der Waals surface area contributed by atoms with E-state index in [-0.39, 0.29) is 22.4 Å². The van der Waals surface area contributed by atoms with Crippen molar-refractivity contribution in [3.8, 4) is 11.5 Å². The van der Waals surface area contributed by atoms with Gasteiger partial charge < -0.3 is 25.0 Å². The van der Waals surface area contributed by atoms with Gasteiger partial charge in [-0.2, -0.15) is 0 Å². The Hall–Kier alpha value is -3.11. The maximum absolute atomic E-state index is 12.7. The maximum atomic E-state index is 12.7. The molecular weight excluding hydrogens is 468 g/mol. The van der Waals surface area contributed by atoms with E-state index in [9.17, 15) is 13.2 Å². The molecule has 2 aromatic rings. The van der Waals surface area contributed by atoms with Crippen molar-refractivity contribution in [1.82, 2.24) is 15.5 Å². The molecule has 0 bridgehead atoms. The van der Waals surface area contributed by atoms with Crippen molar-refractivity contribution in [2.24, 2.45) is 4.99 Å². The molecule has 1 heterocycles. The first-order valence-corrected chi connectivity index (χ1v) is 13.3. The average molecular weight is 503 g/mol. The molecule has 9 nitrogen and oxygen atoms in total. The predicted molar refractivity (Wildman–Crippen MR) is 136 cm³/mol. The number of carbonyl (C=O) groups is 1. The van der Waals surface area contributed by atoms with Crippen molar-refractivity contribution in [3.05, 3.63) is 53.6 Å². The number of nitrogens with one attached hydrogen (secondary N) is 2. The molecule has 0 fully saturated rings. The summed E-state index contributed by atoms with van der Waals surface area (Å²) in [6, 6.07) is 12.9. The van der Waals surface area contributed by atoms with E-state index in [1.165, 1.54) is 20.3 Å². The van der Waals surface area contributed by atoms with Gasteiger partial charge in [-0.15, -0.1) is 0 Å². The molecular formula is C25H34N4O5S. The van der Waals surface area contributed by atoms with Gasteiger partial charge in [0.25, 0.3) is 0 Å². The van der Waals surface area contributed by atoms with Crippen LogP contribution in [0.25, 0.3) is 0 Å². The fourth-order valence-electron chi connectivity index (χ4n) is 3.71. The van der Waals surface area contributed by atoms with Gasteiger partial charge in [-0.1, -0.05) is 24.3 Å². The van der Waals surface area contributed by atoms with Gasteiger partial charge in [-0.05, 0) is 37.1 Å². The third kappa shape index (κ3) is 7.43. The van der Waals surface area contributed by atoms with Gasteiger partial charge in [-0.3, -0.25) is 9.79 Å². The number of hydrogen-bond donors (Lipinski definition) is 2. The Bertz CT molecular complexity index is 1130. The monoisotopic (exact) mass is 502 g/mol. The van der Waals surface area contributed by atoms with Crippen LogP contribution < -0.4 is 20.1 Å². The van der Waals surface area contributed by atoms with Gasteiger partial charge in [0.2, 0.25) is 5.91 Å². The number of amidine groups is 1. The molecule has 2 aromatic carbocycles. The molecule has 3 rings (SSSR count). The van der Waals surface area contributed by atoms with Crippen LogP contribution in [0.1, 0.15) is 24.0 Å². The highest BCUT2D eigenvalue weighted by atomic mass is 32.2. The molecule has 190 valence electrons. The molecule has 0 aromatic heterocycles. The Morgan fingerprint density at radius 1 is 1.14 bits per heavy atom. The van der Waals surface area contributed by atoms with Crippen molar-refractivity contribution < 1.29 is 22.7 Å². The van der Waals surface area contributed by atoms with E-state index < -0.39 is 9.84 Å². The first-order valence-electron chi connectivity index (χ1n) is 11.6. The van der Waals surface area contributed by atoms with Crippen LogP contribution in [0.3, 0.4) is 0 Å². The predicted octanol–water partition coefficient (Wildman–Crippen LogP) is 1.86. The standard InChI is InChI=1S/C25H34N4O5S/c1-29(16-12-19-6-8-20(9-7-19)25-27-14-15-28-25)24(30)5-4-13-26-18-35(31,32)23-17-21(33-2)10-11-22(23)34-3/h6-11,17,26H,4-5,12-16,18H2,1-3H3,(H,27,28). The summed E-state index contributed by atoms with van der Waals surface area (Å²) in [6.07, 6.45) is 1.65. The van der Waals surface area contributed by atoms with E-state index in [0.29, 0.717) is 31.7 Å². The van der Waals surface area contributed by atoms with Crippen LogP contribution in [0.4, 0.5) is 0 Å². The van der Waals surface area contributed by atoms with Gasteiger partial charge in [0.05, 0.1) is 20.8 Å². The molecule has 35 heavy (non-hydrogen) atoms. The Labute approximate surface area is 207 Å². The Morgan fingerprint density at radius 2 is 1.91 bits per heavy atom. The number of ether oxygens (including phenoxy) is 2. The number of rotatable bonds is 13. The number of nitrogens with zero attached hydrogens (tertiary/aromatic N) is 2. The van der Waals surface area contributed by atoms with Crippen LogP contribution >= 0.6 is 0 Å². The molecule has 0 atom stereocenters. The largest absolute Gasteiger partial charge is 0.497 e. The second-order valence-corrected chi connectivity index (χ2v) is 10.3. The van der Waals surface area contributed by atoms with Gasteiger partial charge in [-0.25, -0.2) is 8.42 Å². The number of aliphatic imine (C=N–C) groups is 1. The number of carbonyl (C=O) groups excluding carboxylic acids is 1. The maximum Gasteiger partial charge on any atom is 0.222 e. The zero-order valence-electron chi connectivity index (χ0n) is 20.5.